The lowest BCUT2D eigenvalue weighted by Gasteiger charge is -2.35. The minimum Gasteiger partial charge on any atom is -0.308 e. The van der Waals surface area contributed by atoms with Crippen LogP contribution in [0.25, 0.3) is 0 Å². The van der Waals surface area contributed by atoms with E-state index in [-0.39, 0.29) is 39.0 Å². The molecular weight excluding hydrogens is 389 g/mol. The van der Waals surface area contributed by atoms with Crippen LogP contribution in [0.4, 0.5) is 0 Å². The molecule has 0 saturated carbocycles. The molecule has 0 aromatic heterocycles. The highest BCUT2D eigenvalue weighted by atomic mass is 31.2. The lowest BCUT2D eigenvalue weighted by Crippen LogP contribution is -2.29. The third-order valence-electron chi connectivity index (χ3n) is 3.33. The van der Waals surface area contributed by atoms with Crippen molar-refractivity contribution in [3.8, 4) is 0 Å². The largest absolute Gasteiger partial charge is 0.344 e. The quantitative estimate of drug-likeness (QED) is 0.383. The second-order valence-electron chi connectivity index (χ2n) is 5.33. The van der Waals surface area contributed by atoms with E-state index in [2.05, 4.69) is 0 Å². The lowest BCUT2D eigenvalue weighted by molar-refractivity contribution is 0.209. The summed E-state index contributed by atoms with van der Waals surface area (Å²) in [6.45, 7) is 9.23. The van der Waals surface area contributed by atoms with Gasteiger partial charge in [-0.25, -0.2) is 9.34 Å². The molecule has 0 N–H and O–H groups in total. The van der Waals surface area contributed by atoms with Gasteiger partial charge < -0.3 is 18.1 Å². The van der Waals surface area contributed by atoms with Crippen molar-refractivity contribution in [2.24, 2.45) is 0 Å². The number of nitrogens with zero attached hydrogens (tertiary/aromatic N) is 2. The molecule has 9 nitrogen and oxygen atoms in total. The molecule has 0 amide bonds. The summed E-state index contributed by atoms with van der Waals surface area (Å²) in [7, 11) is -6.82. The summed E-state index contributed by atoms with van der Waals surface area (Å²) >= 11 is 0. The van der Waals surface area contributed by atoms with Gasteiger partial charge in [-0.15, -0.1) is 0 Å². The Morgan fingerprint density at radius 2 is 0.880 bits per heavy atom. The first-order valence-electron chi connectivity index (χ1n) is 8.27. The van der Waals surface area contributed by atoms with Gasteiger partial charge in [0, 0.05) is 6.66 Å². The lowest BCUT2D eigenvalue weighted by atomic mass is 10.9. The highest BCUT2D eigenvalue weighted by Crippen LogP contribution is 2.59. The molecule has 0 aromatic carbocycles. The normalized spacial score (nSPS) is 13.8. The smallest absolute Gasteiger partial charge is 0.308 e. The Morgan fingerprint density at radius 1 is 0.640 bits per heavy atom. The van der Waals surface area contributed by atoms with Crippen LogP contribution in [0.1, 0.15) is 27.7 Å². The van der Waals surface area contributed by atoms with Crippen LogP contribution in [0.15, 0.2) is 0 Å². The molecule has 152 valence electrons. The van der Waals surface area contributed by atoms with Gasteiger partial charge in [0.25, 0.3) is 0 Å². The van der Waals surface area contributed by atoms with Crippen LogP contribution in [-0.4, -0.2) is 69.1 Å². The van der Waals surface area contributed by atoms with E-state index >= 15 is 0 Å². The van der Waals surface area contributed by atoms with E-state index in [1.54, 1.807) is 41.8 Å². The summed E-state index contributed by atoms with van der Waals surface area (Å²) < 4.78 is 62.3. The Bertz CT molecular complexity index is 470. The number of hydrogen-bond donors (Lipinski definition) is 0. The van der Waals surface area contributed by atoms with Gasteiger partial charge in [-0.05, 0) is 41.8 Å². The average molecular weight is 422 g/mol. The fourth-order valence-corrected chi connectivity index (χ4v) is 8.40. The standard InChI is InChI=1S/C13H33N2O7P3/c1-8-19-24(17,20-9-2)12-14(5)23(7,16)15(6)13-25(18,21-10-3)22-11-4/h8-13H2,1-7H3. The van der Waals surface area contributed by atoms with Gasteiger partial charge in [0.05, 0.1) is 26.4 Å². The van der Waals surface area contributed by atoms with Crippen LogP contribution in [-0.2, 0) is 31.8 Å². The Labute approximate surface area is 151 Å². The Balaban J connectivity index is 5.22. The Hall–Kier alpha value is 0.450. The number of rotatable bonds is 14. The molecule has 0 atom stereocenters. The van der Waals surface area contributed by atoms with Gasteiger partial charge in [-0.2, -0.15) is 0 Å². The van der Waals surface area contributed by atoms with Crippen molar-refractivity contribution in [1.29, 1.82) is 0 Å². The van der Waals surface area contributed by atoms with Crippen molar-refractivity contribution in [3.63, 3.8) is 0 Å². The van der Waals surface area contributed by atoms with Gasteiger partial charge >= 0.3 is 15.2 Å². The summed E-state index contributed by atoms with van der Waals surface area (Å²) in [6, 6.07) is 0. The monoisotopic (exact) mass is 422 g/mol. The highest BCUT2D eigenvalue weighted by Gasteiger charge is 2.38. The second-order valence-corrected chi connectivity index (χ2v) is 12.4. The molecule has 0 radical (unpaired) electrons. The predicted octanol–water partition coefficient (Wildman–Crippen LogP) is 4.12. The zero-order valence-electron chi connectivity index (χ0n) is 16.3. The highest BCUT2D eigenvalue weighted by molar-refractivity contribution is 7.61. The first kappa shape index (κ1) is 25.4. The van der Waals surface area contributed by atoms with Crippen LogP contribution in [0, 0.1) is 0 Å². The van der Waals surface area contributed by atoms with Gasteiger partial charge in [-0.3, -0.25) is 13.7 Å². The van der Waals surface area contributed by atoms with Crippen molar-refractivity contribution in [1.82, 2.24) is 9.34 Å². The van der Waals surface area contributed by atoms with Gasteiger partial charge in [0.1, 0.15) is 12.6 Å². The van der Waals surface area contributed by atoms with Crippen molar-refractivity contribution in [3.05, 3.63) is 0 Å². The van der Waals surface area contributed by atoms with Gasteiger partial charge in [0.2, 0.25) is 7.44 Å². The molecule has 0 aliphatic rings. The average Bonchev–Trinajstić information content (AvgIpc) is 2.47. The predicted molar refractivity (Wildman–Crippen MR) is 101 cm³/mol. The van der Waals surface area contributed by atoms with Crippen LogP contribution >= 0.6 is 22.6 Å². The van der Waals surface area contributed by atoms with Crippen LogP contribution < -0.4 is 0 Å². The summed E-state index contributed by atoms with van der Waals surface area (Å²) in [5.74, 6) is 0. The minimum absolute atomic E-state index is 0.139. The Morgan fingerprint density at radius 3 is 1.08 bits per heavy atom. The van der Waals surface area contributed by atoms with Crippen LogP contribution in [0.2, 0.25) is 0 Å². The van der Waals surface area contributed by atoms with E-state index in [4.69, 9.17) is 18.1 Å². The van der Waals surface area contributed by atoms with E-state index in [0.717, 1.165) is 0 Å². The van der Waals surface area contributed by atoms with Gasteiger partial charge in [0.15, 0.2) is 0 Å². The van der Waals surface area contributed by atoms with Crippen LogP contribution in [0.3, 0.4) is 0 Å². The summed E-state index contributed by atoms with van der Waals surface area (Å²) in [6.07, 6.45) is -0.277. The summed E-state index contributed by atoms with van der Waals surface area (Å²) in [5.41, 5.74) is 0. The third kappa shape index (κ3) is 8.34. The van der Waals surface area contributed by atoms with Gasteiger partial charge in [-0.1, -0.05) is 0 Å². The fraction of sp³-hybridized carbons (Fsp3) is 1.00. The van der Waals surface area contributed by atoms with Crippen molar-refractivity contribution < 1.29 is 31.8 Å². The molecule has 0 aliphatic heterocycles. The SMILES string of the molecule is CCOP(=O)(CN(C)P(C)(=O)N(C)CP(=O)(OCC)OCC)OCC. The molecule has 0 aromatic rings. The molecule has 25 heavy (non-hydrogen) atoms. The van der Waals surface area contributed by atoms with Crippen LogP contribution in [0.5, 0.6) is 0 Å². The maximum atomic E-state index is 13.2. The van der Waals surface area contributed by atoms with E-state index in [9.17, 15) is 13.7 Å². The summed E-state index contributed by atoms with van der Waals surface area (Å²) in [4.78, 5) is 0. The molecule has 0 rings (SSSR count). The number of hydrogen-bond acceptors (Lipinski definition) is 7. The zero-order chi connectivity index (χ0) is 19.7. The topological polar surface area (TPSA) is 94.6 Å². The van der Waals surface area contributed by atoms with Crippen molar-refractivity contribution in [2.75, 3.05) is 59.8 Å². The molecule has 0 bridgehead atoms. The minimum atomic E-state index is -3.39. The maximum absolute atomic E-state index is 13.2. The molecule has 0 spiro atoms. The molecule has 0 saturated heterocycles. The third-order valence-corrected chi connectivity index (χ3v) is 10.7. The van der Waals surface area contributed by atoms with E-state index in [1.807, 2.05) is 0 Å². The molecule has 0 heterocycles. The molecule has 12 heteroatoms. The Kier molecular flexibility index (Phi) is 11.5. The summed E-state index contributed by atoms with van der Waals surface area (Å²) in [5, 5.41) is 0. The van der Waals surface area contributed by atoms with Crippen molar-refractivity contribution >= 4 is 22.6 Å². The molecule has 0 fully saturated rings. The van der Waals surface area contributed by atoms with E-state index < -0.39 is 22.6 Å². The fourth-order valence-electron chi connectivity index (χ4n) is 2.02. The van der Waals surface area contributed by atoms with E-state index in [0.29, 0.717) is 0 Å². The first-order chi connectivity index (χ1) is 11.5. The zero-order valence-corrected chi connectivity index (χ0v) is 19.0. The maximum Gasteiger partial charge on any atom is 0.344 e. The first-order valence-corrected chi connectivity index (χ1v) is 13.8. The molecule has 0 aliphatic carbocycles. The molecular formula is C13H33N2O7P3. The molecule has 0 unspecified atom stereocenters. The second kappa shape index (κ2) is 11.3. The van der Waals surface area contributed by atoms with Crippen molar-refractivity contribution in [2.45, 2.75) is 27.7 Å². The van der Waals surface area contributed by atoms with E-state index in [1.165, 1.54) is 16.0 Å².